The van der Waals surface area contributed by atoms with Gasteiger partial charge in [0.2, 0.25) is 0 Å². The molecule has 1 aromatic carbocycles. The van der Waals surface area contributed by atoms with Crippen LogP contribution in [0.15, 0.2) is 30.3 Å². The van der Waals surface area contributed by atoms with Crippen LogP contribution >= 0.6 is 0 Å². The molecule has 3 nitrogen and oxygen atoms in total. The second kappa shape index (κ2) is 3.77. The van der Waals surface area contributed by atoms with Crippen LogP contribution in [0.5, 0.6) is 0 Å². The SMILES string of the molecule is COn1nc(-c2ccccc2)c(C)c1C. The minimum Gasteiger partial charge on any atom is -0.400 e. The number of rotatable bonds is 2. The second-order valence-electron chi connectivity index (χ2n) is 3.48. The van der Waals surface area contributed by atoms with Gasteiger partial charge in [0.1, 0.15) is 7.11 Å². The van der Waals surface area contributed by atoms with E-state index in [-0.39, 0.29) is 0 Å². The summed E-state index contributed by atoms with van der Waals surface area (Å²) in [4.78, 5) is 6.69. The molecule has 15 heavy (non-hydrogen) atoms. The Morgan fingerprint density at radius 3 is 2.33 bits per heavy atom. The van der Waals surface area contributed by atoms with E-state index < -0.39 is 0 Å². The molecule has 1 heterocycles. The Morgan fingerprint density at radius 2 is 1.80 bits per heavy atom. The summed E-state index contributed by atoms with van der Waals surface area (Å²) in [6.45, 7) is 4.05. The predicted octanol–water partition coefficient (Wildman–Crippen LogP) is 2.23. The molecule has 0 saturated carbocycles. The molecule has 0 aliphatic rings. The molecule has 0 unspecified atom stereocenters. The first-order valence-electron chi connectivity index (χ1n) is 4.90. The molecule has 0 spiro atoms. The summed E-state index contributed by atoms with van der Waals surface area (Å²) < 4.78 is 0. The zero-order chi connectivity index (χ0) is 10.8. The van der Waals surface area contributed by atoms with Gasteiger partial charge in [-0.1, -0.05) is 30.3 Å². The largest absolute Gasteiger partial charge is 0.400 e. The van der Waals surface area contributed by atoms with Crippen LogP contribution in [0.2, 0.25) is 0 Å². The molecular formula is C12H14N2O. The monoisotopic (exact) mass is 202 g/mol. The van der Waals surface area contributed by atoms with Crippen molar-refractivity contribution in [2.45, 2.75) is 13.8 Å². The van der Waals surface area contributed by atoms with Crippen molar-refractivity contribution in [3.63, 3.8) is 0 Å². The van der Waals surface area contributed by atoms with Crippen LogP contribution in [-0.2, 0) is 0 Å². The third-order valence-corrected chi connectivity index (χ3v) is 2.60. The van der Waals surface area contributed by atoms with E-state index in [0.717, 1.165) is 22.5 Å². The van der Waals surface area contributed by atoms with Gasteiger partial charge in [-0.2, -0.15) is 0 Å². The van der Waals surface area contributed by atoms with E-state index >= 15 is 0 Å². The highest BCUT2D eigenvalue weighted by Gasteiger charge is 2.12. The van der Waals surface area contributed by atoms with Crippen molar-refractivity contribution in [2.24, 2.45) is 0 Å². The molecule has 78 valence electrons. The second-order valence-corrected chi connectivity index (χ2v) is 3.48. The first-order valence-corrected chi connectivity index (χ1v) is 4.90. The number of hydrogen-bond donors (Lipinski definition) is 0. The molecule has 3 heteroatoms. The van der Waals surface area contributed by atoms with Crippen LogP contribution in [0.3, 0.4) is 0 Å². The molecule has 0 bridgehead atoms. The molecule has 0 fully saturated rings. The van der Waals surface area contributed by atoms with E-state index in [1.165, 1.54) is 0 Å². The van der Waals surface area contributed by atoms with E-state index in [1.54, 1.807) is 12.0 Å². The molecule has 0 radical (unpaired) electrons. The topological polar surface area (TPSA) is 27.1 Å². The predicted molar refractivity (Wildman–Crippen MR) is 59.6 cm³/mol. The van der Waals surface area contributed by atoms with E-state index in [4.69, 9.17) is 4.84 Å². The summed E-state index contributed by atoms with van der Waals surface area (Å²) in [5.74, 6) is 0. The minimum absolute atomic E-state index is 0.981. The van der Waals surface area contributed by atoms with Gasteiger partial charge in [-0.3, -0.25) is 0 Å². The molecule has 0 saturated heterocycles. The quantitative estimate of drug-likeness (QED) is 0.746. The van der Waals surface area contributed by atoms with Crippen molar-refractivity contribution in [3.8, 4) is 11.3 Å². The van der Waals surface area contributed by atoms with Crippen molar-refractivity contribution in [1.29, 1.82) is 0 Å². The van der Waals surface area contributed by atoms with Gasteiger partial charge in [0.15, 0.2) is 0 Å². The third-order valence-electron chi connectivity index (χ3n) is 2.60. The lowest BCUT2D eigenvalue weighted by Gasteiger charge is -1.98. The summed E-state index contributed by atoms with van der Waals surface area (Å²) in [6, 6.07) is 10.1. The fraction of sp³-hybridized carbons (Fsp3) is 0.250. The number of nitrogens with zero attached hydrogens (tertiary/aromatic N) is 2. The van der Waals surface area contributed by atoms with Crippen molar-refractivity contribution in [2.75, 3.05) is 7.11 Å². The Labute approximate surface area is 89.3 Å². The normalized spacial score (nSPS) is 10.3. The van der Waals surface area contributed by atoms with E-state index in [1.807, 2.05) is 25.1 Å². The first-order chi connectivity index (χ1) is 7.24. The van der Waals surface area contributed by atoms with Gasteiger partial charge < -0.3 is 4.84 Å². The van der Waals surface area contributed by atoms with Gasteiger partial charge in [0.05, 0.1) is 11.4 Å². The molecular weight excluding hydrogens is 188 g/mol. The van der Waals surface area contributed by atoms with Crippen molar-refractivity contribution < 1.29 is 4.84 Å². The highest BCUT2D eigenvalue weighted by Crippen LogP contribution is 2.23. The standard InChI is InChI=1S/C12H14N2O/c1-9-10(2)14(15-3)13-12(9)11-7-5-4-6-8-11/h4-8H,1-3H3. The molecule has 0 aliphatic carbocycles. The molecule has 0 N–H and O–H groups in total. The lowest BCUT2D eigenvalue weighted by Crippen LogP contribution is -2.09. The molecule has 1 aromatic heterocycles. The highest BCUT2D eigenvalue weighted by atomic mass is 16.7. The maximum Gasteiger partial charge on any atom is 0.106 e. The van der Waals surface area contributed by atoms with Gasteiger partial charge in [-0.25, -0.2) is 0 Å². The maximum atomic E-state index is 5.13. The Bertz CT molecular complexity index is 460. The lowest BCUT2D eigenvalue weighted by atomic mass is 10.1. The molecule has 2 rings (SSSR count). The van der Waals surface area contributed by atoms with Crippen LogP contribution in [0.1, 0.15) is 11.3 Å². The Balaban J connectivity index is 2.55. The van der Waals surface area contributed by atoms with E-state index in [9.17, 15) is 0 Å². The van der Waals surface area contributed by atoms with Gasteiger partial charge in [0.25, 0.3) is 0 Å². The third kappa shape index (κ3) is 1.61. The molecule has 0 amide bonds. The summed E-state index contributed by atoms with van der Waals surface area (Å²) in [7, 11) is 1.62. The van der Waals surface area contributed by atoms with Gasteiger partial charge in [-0.15, -0.1) is 9.94 Å². The molecule has 2 aromatic rings. The van der Waals surface area contributed by atoms with E-state index in [2.05, 4.69) is 24.2 Å². The average molecular weight is 202 g/mol. The summed E-state index contributed by atoms with van der Waals surface area (Å²) >= 11 is 0. The van der Waals surface area contributed by atoms with Gasteiger partial charge >= 0.3 is 0 Å². The Hall–Kier alpha value is -1.77. The fourth-order valence-corrected chi connectivity index (χ4v) is 1.60. The zero-order valence-corrected chi connectivity index (χ0v) is 9.19. The van der Waals surface area contributed by atoms with Gasteiger partial charge in [-0.05, 0) is 13.8 Å². The zero-order valence-electron chi connectivity index (χ0n) is 9.19. The number of benzene rings is 1. The van der Waals surface area contributed by atoms with Crippen LogP contribution < -0.4 is 4.84 Å². The summed E-state index contributed by atoms with van der Waals surface area (Å²) in [5.41, 5.74) is 4.29. The van der Waals surface area contributed by atoms with E-state index in [0.29, 0.717) is 0 Å². The van der Waals surface area contributed by atoms with Crippen molar-refractivity contribution in [3.05, 3.63) is 41.6 Å². The highest BCUT2D eigenvalue weighted by molar-refractivity contribution is 5.63. The van der Waals surface area contributed by atoms with Crippen LogP contribution in [0.4, 0.5) is 0 Å². The number of aromatic nitrogens is 2. The minimum atomic E-state index is 0.981. The van der Waals surface area contributed by atoms with Gasteiger partial charge in [0, 0.05) is 11.1 Å². The Kier molecular flexibility index (Phi) is 2.46. The molecule has 0 atom stereocenters. The average Bonchev–Trinajstić information content (AvgIpc) is 2.57. The molecule has 0 aliphatic heterocycles. The Morgan fingerprint density at radius 1 is 1.13 bits per heavy atom. The first kappa shape index (κ1) is 9.77. The maximum absolute atomic E-state index is 5.13. The van der Waals surface area contributed by atoms with Crippen LogP contribution in [0, 0.1) is 13.8 Å². The van der Waals surface area contributed by atoms with Crippen molar-refractivity contribution >= 4 is 0 Å². The van der Waals surface area contributed by atoms with Crippen molar-refractivity contribution in [1.82, 2.24) is 9.94 Å². The number of hydrogen-bond acceptors (Lipinski definition) is 2. The fourth-order valence-electron chi connectivity index (χ4n) is 1.60. The summed E-state index contributed by atoms with van der Waals surface area (Å²) in [5, 5.41) is 4.39. The lowest BCUT2D eigenvalue weighted by molar-refractivity contribution is 0.129. The van der Waals surface area contributed by atoms with Crippen LogP contribution in [0.25, 0.3) is 11.3 Å². The smallest absolute Gasteiger partial charge is 0.106 e. The van der Waals surface area contributed by atoms with Crippen LogP contribution in [-0.4, -0.2) is 17.1 Å². The summed E-state index contributed by atoms with van der Waals surface area (Å²) in [6.07, 6.45) is 0.